The van der Waals surface area contributed by atoms with Gasteiger partial charge in [0.05, 0.1) is 38.5 Å². The van der Waals surface area contributed by atoms with Crippen molar-refractivity contribution in [3.05, 3.63) is 0 Å². The molecule has 0 aliphatic carbocycles. The summed E-state index contributed by atoms with van der Waals surface area (Å²) in [5.74, 6) is -2.48. The van der Waals surface area contributed by atoms with Crippen molar-refractivity contribution < 1.29 is 63.7 Å². The average Bonchev–Trinajstić information content (AvgIpc) is 2.97. The first-order valence-electron chi connectivity index (χ1n) is 14.5. The molecule has 17 heteroatoms. The van der Waals surface area contributed by atoms with Gasteiger partial charge in [-0.2, -0.15) is 11.8 Å². The highest BCUT2D eigenvalue weighted by atomic mass is 32.2. The molecular formula is C27H49N3O13S. The molecule has 0 aromatic heterocycles. The Kier molecular flexibility index (Phi) is 18.7. The van der Waals surface area contributed by atoms with Crippen LogP contribution < -0.4 is 16.0 Å². The predicted molar refractivity (Wildman–Crippen MR) is 158 cm³/mol. The van der Waals surface area contributed by atoms with Crippen LogP contribution >= 0.6 is 11.8 Å². The van der Waals surface area contributed by atoms with Crippen LogP contribution in [0.4, 0.5) is 4.79 Å². The molecule has 7 unspecified atom stereocenters. The van der Waals surface area contributed by atoms with E-state index in [-0.39, 0.29) is 31.3 Å². The highest BCUT2D eigenvalue weighted by Crippen LogP contribution is 2.36. The maximum Gasteiger partial charge on any atom is 0.407 e. The van der Waals surface area contributed by atoms with E-state index in [1.807, 2.05) is 6.92 Å². The lowest BCUT2D eigenvalue weighted by Crippen LogP contribution is -2.68. The molecule has 0 spiro atoms. The van der Waals surface area contributed by atoms with Crippen LogP contribution in [0.15, 0.2) is 0 Å². The largest absolute Gasteiger partial charge is 0.479 e. The van der Waals surface area contributed by atoms with Crippen molar-refractivity contribution in [2.75, 3.05) is 58.2 Å². The summed E-state index contributed by atoms with van der Waals surface area (Å²) in [6.45, 7) is 4.98. The fourth-order valence-electron chi connectivity index (χ4n) is 4.55. The molecule has 1 fully saturated rings. The lowest BCUT2D eigenvalue weighted by molar-refractivity contribution is -0.233. The summed E-state index contributed by atoms with van der Waals surface area (Å²) in [6, 6.07) is -2.49. The van der Waals surface area contributed by atoms with Gasteiger partial charge in [0.1, 0.15) is 31.0 Å². The molecule has 0 aromatic carbocycles. The highest BCUT2D eigenvalue weighted by Gasteiger charge is 2.54. The number of aliphatic carboxylic acids is 1. The third-order valence-electron chi connectivity index (χ3n) is 6.60. The Labute approximate surface area is 261 Å². The molecule has 1 aliphatic heterocycles. The van der Waals surface area contributed by atoms with Crippen molar-refractivity contribution in [3.8, 4) is 0 Å². The molecule has 1 rings (SSSR count). The number of amides is 3. The first-order valence-corrected chi connectivity index (χ1v) is 15.7. The van der Waals surface area contributed by atoms with E-state index in [2.05, 4.69) is 16.0 Å². The maximum atomic E-state index is 12.9. The first kappa shape index (κ1) is 39.8. The second-order valence-electron chi connectivity index (χ2n) is 10.8. The Bertz CT molecular complexity index is 899. The second-order valence-corrected chi connectivity index (χ2v) is 12.0. The quantitative estimate of drug-likeness (QED) is 0.0638. The minimum atomic E-state index is -1.93. The van der Waals surface area contributed by atoms with Gasteiger partial charge < -0.3 is 60.4 Å². The van der Waals surface area contributed by atoms with E-state index >= 15 is 0 Å². The second kappa shape index (κ2) is 20.7. The van der Waals surface area contributed by atoms with E-state index in [1.165, 1.54) is 18.9 Å². The van der Waals surface area contributed by atoms with Crippen molar-refractivity contribution >= 4 is 35.6 Å². The van der Waals surface area contributed by atoms with E-state index in [4.69, 9.17) is 18.9 Å². The van der Waals surface area contributed by atoms with Crippen LogP contribution in [0.1, 0.15) is 40.0 Å². The monoisotopic (exact) mass is 655 g/mol. The van der Waals surface area contributed by atoms with Crippen LogP contribution in [-0.2, 0) is 33.3 Å². The zero-order valence-electron chi connectivity index (χ0n) is 25.7. The topological polar surface area (TPSA) is 242 Å². The fourth-order valence-corrected chi connectivity index (χ4v) is 5.47. The maximum absolute atomic E-state index is 12.9. The minimum Gasteiger partial charge on any atom is -0.479 e. The molecule has 44 heavy (non-hydrogen) atoms. The SMILES string of the molecule is CCCOCCOC(=O)NC(CSCCOC)C(=O)NCC(=O)NC1C(O)CC(CC(C)C)(C(=O)O)OC1C(O)C(O)CO. The van der Waals surface area contributed by atoms with E-state index in [1.54, 1.807) is 13.8 Å². The number of rotatable bonds is 21. The van der Waals surface area contributed by atoms with Gasteiger partial charge in [0, 0.05) is 31.6 Å². The van der Waals surface area contributed by atoms with Gasteiger partial charge in [-0.1, -0.05) is 20.8 Å². The van der Waals surface area contributed by atoms with Gasteiger partial charge in [-0.05, 0) is 18.8 Å². The highest BCUT2D eigenvalue weighted by molar-refractivity contribution is 7.99. The summed E-state index contributed by atoms with van der Waals surface area (Å²) in [7, 11) is 1.52. The molecule has 0 bridgehead atoms. The van der Waals surface area contributed by atoms with Gasteiger partial charge in [-0.3, -0.25) is 9.59 Å². The van der Waals surface area contributed by atoms with Gasteiger partial charge in [0.15, 0.2) is 5.60 Å². The third-order valence-corrected chi connectivity index (χ3v) is 7.62. The van der Waals surface area contributed by atoms with Crippen molar-refractivity contribution in [2.45, 2.75) is 82.1 Å². The van der Waals surface area contributed by atoms with Crippen molar-refractivity contribution in [1.82, 2.24) is 16.0 Å². The molecule has 1 saturated heterocycles. The summed E-state index contributed by atoms with van der Waals surface area (Å²) in [6.07, 6.45) is -7.34. The molecule has 1 aliphatic rings. The van der Waals surface area contributed by atoms with Crippen molar-refractivity contribution in [2.24, 2.45) is 5.92 Å². The Balaban J connectivity index is 2.93. The number of thioether (sulfide) groups is 1. The lowest BCUT2D eigenvalue weighted by atomic mass is 9.79. The standard InChI is InChI=1S/C27H49N3O13S/c1-5-6-41-7-8-42-26(39)29-17(15-44-10-9-40-4)24(36)28-13-20(34)30-21-18(32)12-27(25(37)38,11-16(2)3)43-23(21)22(35)19(33)14-31/h16-19,21-23,31-33,35H,5-15H2,1-4H3,(H,28,36)(H,29,39)(H,30,34)(H,37,38). The zero-order valence-corrected chi connectivity index (χ0v) is 26.5. The van der Waals surface area contributed by atoms with Crippen molar-refractivity contribution in [1.29, 1.82) is 0 Å². The normalized spacial score (nSPS) is 23.8. The number of nitrogens with one attached hydrogen (secondary N) is 3. The number of aliphatic hydroxyl groups excluding tert-OH is 4. The van der Waals surface area contributed by atoms with Gasteiger partial charge in [0.2, 0.25) is 11.8 Å². The first-order chi connectivity index (χ1) is 20.8. The van der Waals surface area contributed by atoms with E-state index < -0.39 is 85.5 Å². The summed E-state index contributed by atoms with van der Waals surface area (Å²) in [4.78, 5) is 50.2. The third kappa shape index (κ3) is 13.4. The van der Waals surface area contributed by atoms with Crippen LogP contribution in [0.3, 0.4) is 0 Å². The van der Waals surface area contributed by atoms with Gasteiger partial charge in [0.25, 0.3) is 0 Å². The van der Waals surface area contributed by atoms with Crippen LogP contribution in [0.5, 0.6) is 0 Å². The van der Waals surface area contributed by atoms with E-state index in [0.717, 1.165) is 6.42 Å². The Morgan fingerprint density at radius 3 is 2.41 bits per heavy atom. The zero-order chi connectivity index (χ0) is 33.3. The summed E-state index contributed by atoms with van der Waals surface area (Å²) in [5, 5.41) is 58.2. The number of ether oxygens (including phenoxy) is 4. The van der Waals surface area contributed by atoms with Crippen molar-refractivity contribution in [3.63, 3.8) is 0 Å². The number of hydrogen-bond acceptors (Lipinski definition) is 13. The number of alkyl carbamates (subject to hydrolysis) is 1. The van der Waals surface area contributed by atoms with Crippen LogP contribution in [-0.4, -0.2) is 150 Å². The molecular weight excluding hydrogens is 606 g/mol. The Morgan fingerprint density at radius 2 is 1.82 bits per heavy atom. The smallest absolute Gasteiger partial charge is 0.407 e. The molecule has 8 N–H and O–H groups in total. The molecule has 3 amide bonds. The van der Waals surface area contributed by atoms with Gasteiger partial charge in [-0.15, -0.1) is 0 Å². The fraction of sp³-hybridized carbons (Fsp3) is 0.852. The van der Waals surface area contributed by atoms with Gasteiger partial charge >= 0.3 is 12.1 Å². The number of methoxy groups -OCH3 is 1. The molecule has 7 atom stereocenters. The molecule has 0 radical (unpaired) electrons. The number of carboxylic acids is 1. The number of hydrogen-bond donors (Lipinski definition) is 8. The molecule has 16 nitrogen and oxygen atoms in total. The molecule has 256 valence electrons. The van der Waals surface area contributed by atoms with Crippen LogP contribution in [0.25, 0.3) is 0 Å². The van der Waals surface area contributed by atoms with E-state index in [9.17, 15) is 44.7 Å². The van der Waals surface area contributed by atoms with Crippen LogP contribution in [0.2, 0.25) is 0 Å². The number of carboxylic acid groups (broad SMARTS) is 1. The predicted octanol–water partition coefficient (Wildman–Crippen LogP) is -1.78. The minimum absolute atomic E-state index is 0.0243. The number of carbonyl (C=O) groups excluding carboxylic acids is 3. The van der Waals surface area contributed by atoms with Gasteiger partial charge in [-0.25, -0.2) is 9.59 Å². The Hall–Kier alpha value is -2.25. The summed E-state index contributed by atoms with van der Waals surface area (Å²) >= 11 is 1.32. The molecule has 1 heterocycles. The Morgan fingerprint density at radius 1 is 1.11 bits per heavy atom. The number of carbonyl (C=O) groups is 4. The summed E-state index contributed by atoms with van der Waals surface area (Å²) < 4.78 is 21.1. The molecule has 0 aromatic rings. The lowest BCUT2D eigenvalue weighted by Gasteiger charge is -2.47. The average molecular weight is 656 g/mol. The van der Waals surface area contributed by atoms with E-state index in [0.29, 0.717) is 19.0 Å². The number of aliphatic hydroxyl groups is 4. The molecule has 0 saturated carbocycles. The summed E-state index contributed by atoms with van der Waals surface area (Å²) in [5.41, 5.74) is -1.93. The van der Waals surface area contributed by atoms with Crippen LogP contribution in [0, 0.1) is 5.92 Å².